The molecule has 0 aliphatic heterocycles. The zero-order valence-electron chi connectivity index (χ0n) is 8.07. The maximum atomic E-state index is 9.24. The highest BCUT2D eigenvalue weighted by molar-refractivity contribution is 6.04. The number of nitrogens with zero attached hydrogens (tertiary/aromatic N) is 1. The molecule has 0 unspecified atom stereocenters. The Balaban J connectivity index is 2.57. The summed E-state index contributed by atoms with van der Waals surface area (Å²) in [5, 5.41) is 11.3. The molecule has 0 spiro atoms. The average Bonchev–Trinajstić information content (AvgIpc) is 2.77. The Morgan fingerprint density at radius 1 is 1.13 bits per heavy atom. The Kier molecular flexibility index (Phi) is 1.73. The second-order valence-electron chi connectivity index (χ2n) is 3.50. The predicted molar refractivity (Wildman–Crippen MR) is 59.5 cm³/mol. The first-order valence-corrected chi connectivity index (χ1v) is 4.86. The fraction of sp³-hybridized carbons (Fsp3) is 0.0833. The van der Waals surface area contributed by atoms with Crippen molar-refractivity contribution in [2.45, 2.75) is 6.61 Å². The van der Waals surface area contributed by atoms with Gasteiger partial charge in [-0.15, -0.1) is 0 Å². The predicted octanol–water partition coefficient (Wildman–Crippen LogP) is 2.21. The second kappa shape index (κ2) is 3.07. The molecule has 2 N–H and O–H groups in total. The van der Waals surface area contributed by atoms with Crippen molar-refractivity contribution in [3.05, 3.63) is 42.2 Å². The summed E-state index contributed by atoms with van der Waals surface area (Å²) in [5.74, 6) is 0. The van der Waals surface area contributed by atoms with Gasteiger partial charge in [0.05, 0.1) is 23.3 Å². The van der Waals surface area contributed by atoms with E-state index in [9.17, 15) is 5.11 Å². The normalized spacial score (nSPS) is 11.3. The van der Waals surface area contributed by atoms with Crippen molar-refractivity contribution in [3.8, 4) is 0 Å². The number of aliphatic hydroxyl groups is 1. The number of benzene rings is 1. The molecule has 3 rings (SSSR count). The lowest BCUT2D eigenvalue weighted by Crippen LogP contribution is -1.91. The van der Waals surface area contributed by atoms with E-state index in [1.165, 1.54) is 0 Å². The van der Waals surface area contributed by atoms with Gasteiger partial charge in [0, 0.05) is 17.0 Å². The number of hydrogen-bond acceptors (Lipinski definition) is 2. The number of aromatic nitrogens is 2. The number of fused-ring (bicyclic) bond motifs is 3. The van der Waals surface area contributed by atoms with Gasteiger partial charge < -0.3 is 10.1 Å². The van der Waals surface area contributed by atoms with Crippen molar-refractivity contribution >= 4 is 21.8 Å². The minimum atomic E-state index is -0.0286. The molecule has 0 bridgehead atoms. The fourth-order valence-corrected chi connectivity index (χ4v) is 1.94. The van der Waals surface area contributed by atoms with E-state index >= 15 is 0 Å². The van der Waals surface area contributed by atoms with E-state index in [1.54, 1.807) is 0 Å². The summed E-state index contributed by atoms with van der Waals surface area (Å²) < 4.78 is 0. The van der Waals surface area contributed by atoms with Crippen LogP contribution in [-0.2, 0) is 6.61 Å². The van der Waals surface area contributed by atoms with Crippen molar-refractivity contribution in [1.29, 1.82) is 0 Å². The lowest BCUT2D eigenvalue weighted by Gasteiger charge is -2.03. The average molecular weight is 198 g/mol. The summed E-state index contributed by atoms with van der Waals surface area (Å²) in [7, 11) is 0. The van der Waals surface area contributed by atoms with Crippen LogP contribution in [0.4, 0.5) is 0 Å². The summed E-state index contributed by atoms with van der Waals surface area (Å²) in [6.45, 7) is -0.0286. The van der Waals surface area contributed by atoms with Crippen LogP contribution in [0.1, 0.15) is 5.69 Å². The number of H-pyrrole nitrogens is 1. The number of aliphatic hydroxyl groups excluding tert-OH is 1. The molecule has 0 radical (unpaired) electrons. The quantitative estimate of drug-likeness (QED) is 0.629. The van der Waals surface area contributed by atoms with E-state index < -0.39 is 0 Å². The summed E-state index contributed by atoms with van der Waals surface area (Å²) >= 11 is 0. The van der Waals surface area contributed by atoms with Gasteiger partial charge in [-0.3, -0.25) is 0 Å². The van der Waals surface area contributed by atoms with Gasteiger partial charge >= 0.3 is 0 Å². The Hall–Kier alpha value is -1.87. The molecule has 74 valence electrons. The zero-order chi connectivity index (χ0) is 10.3. The van der Waals surface area contributed by atoms with Crippen molar-refractivity contribution in [3.63, 3.8) is 0 Å². The molecular formula is C12H10N2O. The van der Waals surface area contributed by atoms with Gasteiger partial charge in [0.25, 0.3) is 0 Å². The zero-order valence-corrected chi connectivity index (χ0v) is 8.07. The number of nitrogens with one attached hydrogen (secondary N) is 1. The molecule has 0 aliphatic rings. The van der Waals surface area contributed by atoms with Crippen molar-refractivity contribution in [1.82, 2.24) is 9.97 Å². The van der Waals surface area contributed by atoms with Crippen LogP contribution in [0.15, 0.2) is 36.5 Å². The van der Waals surface area contributed by atoms with Gasteiger partial charge in [-0.1, -0.05) is 18.2 Å². The Morgan fingerprint density at radius 2 is 2.00 bits per heavy atom. The third-order valence-corrected chi connectivity index (χ3v) is 2.64. The highest BCUT2D eigenvalue weighted by Gasteiger charge is 2.07. The van der Waals surface area contributed by atoms with E-state index in [1.807, 2.05) is 36.5 Å². The van der Waals surface area contributed by atoms with Crippen LogP contribution in [0.3, 0.4) is 0 Å². The van der Waals surface area contributed by atoms with Gasteiger partial charge in [0.2, 0.25) is 0 Å². The standard InChI is InChI=1S/C12H10N2O/c15-7-11-9-5-6-13-12(9)8-3-1-2-4-10(8)14-11/h1-6,13,15H,7H2. The number of pyridine rings is 1. The Labute approximate surface area is 86.4 Å². The molecule has 3 nitrogen and oxygen atoms in total. The number of para-hydroxylation sites is 1. The van der Waals surface area contributed by atoms with Gasteiger partial charge in [0.1, 0.15) is 0 Å². The molecule has 2 aromatic heterocycles. The first-order valence-electron chi connectivity index (χ1n) is 4.86. The third-order valence-electron chi connectivity index (χ3n) is 2.64. The largest absolute Gasteiger partial charge is 0.390 e. The molecule has 0 saturated carbocycles. The maximum absolute atomic E-state index is 9.24. The highest BCUT2D eigenvalue weighted by atomic mass is 16.3. The molecule has 15 heavy (non-hydrogen) atoms. The lowest BCUT2D eigenvalue weighted by atomic mass is 10.1. The van der Waals surface area contributed by atoms with Crippen LogP contribution in [0, 0.1) is 0 Å². The fourth-order valence-electron chi connectivity index (χ4n) is 1.94. The first-order chi connectivity index (χ1) is 7.40. The third kappa shape index (κ3) is 1.13. The van der Waals surface area contributed by atoms with E-state index in [4.69, 9.17) is 0 Å². The molecule has 2 heterocycles. The molecule has 0 atom stereocenters. The number of aromatic amines is 1. The van der Waals surface area contributed by atoms with E-state index in [2.05, 4.69) is 9.97 Å². The van der Waals surface area contributed by atoms with Gasteiger partial charge in [-0.05, 0) is 12.1 Å². The monoisotopic (exact) mass is 198 g/mol. The molecule has 3 aromatic rings. The molecule has 0 saturated heterocycles. The van der Waals surface area contributed by atoms with E-state index in [0.29, 0.717) is 0 Å². The summed E-state index contributed by atoms with van der Waals surface area (Å²) in [5.41, 5.74) is 2.69. The Bertz CT molecular complexity index is 628. The summed E-state index contributed by atoms with van der Waals surface area (Å²) in [6, 6.07) is 9.87. The molecule has 3 heteroatoms. The second-order valence-corrected chi connectivity index (χ2v) is 3.50. The summed E-state index contributed by atoms with van der Waals surface area (Å²) in [4.78, 5) is 7.61. The van der Waals surface area contributed by atoms with E-state index in [-0.39, 0.29) is 6.61 Å². The van der Waals surface area contributed by atoms with Crippen molar-refractivity contribution in [2.24, 2.45) is 0 Å². The van der Waals surface area contributed by atoms with E-state index in [0.717, 1.165) is 27.5 Å². The first kappa shape index (κ1) is 8.44. The number of hydrogen-bond donors (Lipinski definition) is 2. The molecule has 0 amide bonds. The van der Waals surface area contributed by atoms with Crippen LogP contribution in [0.25, 0.3) is 21.8 Å². The van der Waals surface area contributed by atoms with Crippen LogP contribution in [-0.4, -0.2) is 15.1 Å². The van der Waals surface area contributed by atoms with Crippen LogP contribution in [0.2, 0.25) is 0 Å². The molecule has 1 aromatic carbocycles. The lowest BCUT2D eigenvalue weighted by molar-refractivity contribution is 0.279. The minimum Gasteiger partial charge on any atom is -0.390 e. The number of rotatable bonds is 1. The van der Waals surface area contributed by atoms with Gasteiger partial charge in [0.15, 0.2) is 0 Å². The van der Waals surface area contributed by atoms with Crippen molar-refractivity contribution in [2.75, 3.05) is 0 Å². The Morgan fingerprint density at radius 3 is 2.87 bits per heavy atom. The smallest absolute Gasteiger partial charge is 0.0860 e. The van der Waals surface area contributed by atoms with Crippen molar-refractivity contribution < 1.29 is 5.11 Å². The highest BCUT2D eigenvalue weighted by Crippen LogP contribution is 2.24. The minimum absolute atomic E-state index is 0.0286. The maximum Gasteiger partial charge on any atom is 0.0860 e. The summed E-state index contributed by atoms with van der Waals surface area (Å²) in [6.07, 6.45) is 1.87. The molecular weight excluding hydrogens is 188 g/mol. The molecule has 0 fully saturated rings. The topological polar surface area (TPSA) is 48.9 Å². The van der Waals surface area contributed by atoms with Gasteiger partial charge in [-0.25, -0.2) is 4.98 Å². The molecule has 0 aliphatic carbocycles. The SMILES string of the molecule is OCc1nc2ccccc2c2[nH]ccc12. The van der Waals surface area contributed by atoms with Crippen LogP contribution < -0.4 is 0 Å². The van der Waals surface area contributed by atoms with Gasteiger partial charge in [-0.2, -0.15) is 0 Å². The van der Waals surface area contributed by atoms with Crippen LogP contribution in [0.5, 0.6) is 0 Å². The van der Waals surface area contributed by atoms with Crippen LogP contribution >= 0.6 is 0 Å².